The second-order valence-electron chi connectivity index (χ2n) is 15.2. The predicted octanol–water partition coefficient (Wildman–Crippen LogP) is 7.09. The number of unbranched alkanes of at least 4 members (excludes halogenated alkanes) is 2. The highest BCUT2D eigenvalue weighted by Crippen LogP contribution is 2.46. The summed E-state index contributed by atoms with van der Waals surface area (Å²) < 4.78 is 42.3. The van der Waals surface area contributed by atoms with Crippen molar-refractivity contribution in [3.63, 3.8) is 0 Å². The number of esters is 7. The monoisotopic (exact) mass is 848 g/mol. The third kappa shape index (κ3) is 14.8. The molecule has 15 nitrogen and oxygen atoms in total. The van der Waals surface area contributed by atoms with Gasteiger partial charge in [0.1, 0.15) is 49.1 Å². The molecule has 0 amide bonds. The molecule has 0 aliphatic heterocycles. The van der Waals surface area contributed by atoms with E-state index in [4.69, 9.17) is 28.4 Å². The van der Waals surface area contributed by atoms with Gasteiger partial charge in [0.15, 0.2) is 0 Å². The molecule has 1 aliphatic rings. The maximum Gasteiger partial charge on any atom is 0.417 e. The largest absolute Gasteiger partial charge is 0.493 e. The van der Waals surface area contributed by atoms with E-state index in [0.717, 1.165) is 51.9 Å². The molecule has 0 heterocycles. The normalized spacial score (nSPS) is 14.7. The second kappa shape index (κ2) is 23.5. The first-order chi connectivity index (χ1) is 28.9. The van der Waals surface area contributed by atoms with Gasteiger partial charge in [-0.25, -0.2) is 33.6 Å². The standard InChI is InChI=1S/C46H56O15/c1-10-11-12-13-31-14-16-32(17-15-31)35-22-38(61-41(49)30(6)7)36(23-37(35)60-40(48)29(4)5)33-18-20-34(21-19-33)56-24-46(25-57-39(47)28(2)3,26-58-44(52)42(50)54-8)27-59-45(53)43(51)55-9/h18-23,31-32H,2,4,6,10-17,24-27H2,1,3,5,7-9H3. The van der Waals surface area contributed by atoms with Crippen LogP contribution in [0.2, 0.25) is 0 Å². The van der Waals surface area contributed by atoms with Gasteiger partial charge in [-0.1, -0.05) is 64.5 Å². The van der Waals surface area contributed by atoms with Crippen molar-refractivity contribution in [2.45, 2.75) is 85.0 Å². The zero-order valence-corrected chi connectivity index (χ0v) is 35.8. The van der Waals surface area contributed by atoms with Crippen LogP contribution in [0.15, 0.2) is 72.9 Å². The van der Waals surface area contributed by atoms with Gasteiger partial charge >= 0.3 is 41.8 Å². The van der Waals surface area contributed by atoms with Crippen LogP contribution in [0.1, 0.15) is 90.5 Å². The number of carbonyl (C=O) groups is 7. The molecule has 15 heteroatoms. The smallest absolute Gasteiger partial charge is 0.417 e. The van der Waals surface area contributed by atoms with Crippen molar-refractivity contribution in [3.05, 3.63) is 78.4 Å². The summed E-state index contributed by atoms with van der Waals surface area (Å²) in [6.07, 6.45) is 8.50. The van der Waals surface area contributed by atoms with Crippen LogP contribution in [0.25, 0.3) is 11.1 Å². The van der Waals surface area contributed by atoms with Crippen LogP contribution >= 0.6 is 0 Å². The van der Waals surface area contributed by atoms with Crippen molar-refractivity contribution in [2.24, 2.45) is 11.3 Å². The van der Waals surface area contributed by atoms with E-state index in [1.54, 1.807) is 43.3 Å². The minimum atomic E-state index is -1.70. The first-order valence-electron chi connectivity index (χ1n) is 19.9. The van der Waals surface area contributed by atoms with Gasteiger partial charge in [-0.05, 0) is 88.1 Å². The lowest BCUT2D eigenvalue weighted by Crippen LogP contribution is -2.45. The van der Waals surface area contributed by atoms with Gasteiger partial charge in [0, 0.05) is 27.8 Å². The average Bonchev–Trinajstić information content (AvgIpc) is 3.25. The molecule has 0 unspecified atom stereocenters. The Hall–Kier alpha value is -6.25. The van der Waals surface area contributed by atoms with E-state index >= 15 is 0 Å². The Bertz CT molecular complexity index is 1940. The predicted molar refractivity (Wildman–Crippen MR) is 221 cm³/mol. The first-order valence-corrected chi connectivity index (χ1v) is 19.9. The molecule has 2 aromatic rings. The maximum atomic E-state index is 13.0. The van der Waals surface area contributed by atoms with E-state index in [9.17, 15) is 33.6 Å². The molecule has 61 heavy (non-hydrogen) atoms. The van der Waals surface area contributed by atoms with Crippen molar-refractivity contribution in [1.82, 2.24) is 0 Å². The van der Waals surface area contributed by atoms with Crippen LogP contribution in [-0.2, 0) is 57.2 Å². The van der Waals surface area contributed by atoms with Gasteiger partial charge in [0.05, 0.1) is 14.2 Å². The molecular formula is C46H56O15. The molecule has 330 valence electrons. The van der Waals surface area contributed by atoms with Gasteiger partial charge < -0.3 is 37.9 Å². The summed E-state index contributed by atoms with van der Waals surface area (Å²) in [6, 6.07) is 9.80. The lowest BCUT2D eigenvalue weighted by Gasteiger charge is -2.31. The molecule has 0 aromatic heterocycles. The zero-order chi connectivity index (χ0) is 45.3. The van der Waals surface area contributed by atoms with Crippen LogP contribution in [0, 0.1) is 11.3 Å². The van der Waals surface area contributed by atoms with Crippen LogP contribution in [-0.4, -0.2) is 82.4 Å². The average molecular weight is 849 g/mol. The fourth-order valence-corrected chi connectivity index (χ4v) is 6.39. The summed E-state index contributed by atoms with van der Waals surface area (Å²) in [6.45, 7) is 15.2. The maximum absolute atomic E-state index is 13.0. The zero-order valence-electron chi connectivity index (χ0n) is 35.8. The molecular weight excluding hydrogens is 792 g/mol. The van der Waals surface area contributed by atoms with E-state index in [2.05, 4.69) is 36.1 Å². The van der Waals surface area contributed by atoms with Crippen molar-refractivity contribution in [1.29, 1.82) is 0 Å². The molecule has 0 N–H and O–H groups in total. The van der Waals surface area contributed by atoms with Gasteiger partial charge in [-0.3, -0.25) is 0 Å². The van der Waals surface area contributed by atoms with Gasteiger partial charge in [-0.2, -0.15) is 0 Å². The topological polar surface area (TPSA) is 193 Å². The number of benzene rings is 2. The molecule has 1 aliphatic carbocycles. The first kappa shape index (κ1) is 49.1. The van der Waals surface area contributed by atoms with Crippen LogP contribution < -0.4 is 14.2 Å². The van der Waals surface area contributed by atoms with Gasteiger partial charge in [-0.15, -0.1) is 0 Å². The third-order valence-electron chi connectivity index (χ3n) is 10.0. The quantitative estimate of drug-likeness (QED) is 0.0327. The number of hydrogen-bond donors (Lipinski definition) is 0. The van der Waals surface area contributed by atoms with Crippen molar-refractivity contribution >= 4 is 41.8 Å². The Morgan fingerprint density at radius 2 is 1.10 bits per heavy atom. The van der Waals surface area contributed by atoms with E-state index in [1.165, 1.54) is 33.1 Å². The Kier molecular flexibility index (Phi) is 18.9. The molecule has 3 rings (SSSR count). The van der Waals surface area contributed by atoms with E-state index in [1.807, 2.05) is 0 Å². The Morgan fingerprint density at radius 1 is 0.607 bits per heavy atom. The van der Waals surface area contributed by atoms with Crippen molar-refractivity contribution < 1.29 is 71.5 Å². The van der Waals surface area contributed by atoms with Crippen molar-refractivity contribution in [3.8, 4) is 28.4 Å². The molecule has 0 saturated heterocycles. The highest BCUT2D eigenvalue weighted by atomic mass is 16.6. The highest BCUT2D eigenvalue weighted by Gasteiger charge is 2.39. The van der Waals surface area contributed by atoms with E-state index in [-0.39, 0.29) is 34.1 Å². The molecule has 1 saturated carbocycles. The van der Waals surface area contributed by atoms with Crippen molar-refractivity contribution in [2.75, 3.05) is 40.6 Å². The third-order valence-corrected chi connectivity index (χ3v) is 10.0. The Balaban J connectivity index is 2.04. The summed E-state index contributed by atoms with van der Waals surface area (Å²) in [5.74, 6) is -6.18. The summed E-state index contributed by atoms with van der Waals surface area (Å²) >= 11 is 0. The Morgan fingerprint density at radius 3 is 1.57 bits per heavy atom. The van der Waals surface area contributed by atoms with Gasteiger partial charge in [0.2, 0.25) is 0 Å². The molecule has 2 aromatic carbocycles. The number of methoxy groups -OCH3 is 2. The van der Waals surface area contributed by atoms with Crippen LogP contribution in [0.5, 0.6) is 17.2 Å². The molecule has 1 fully saturated rings. The minimum absolute atomic E-state index is 0.0209. The van der Waals surface area contributed by atoms with Gasteiger partial charge in [0.25, 0.3) is 0 Å². The lowest BCUT2D eigenvalue weighted by molar-refractivity contribution is -0.177. The summed E-state index contributed by atoms with van der Waals surface area (Å²) in [5, 5.41) is 0. The molecule has 0 bridgehead atoms. The number of rotatable bonds is 20. The van der Waals surface area contributed by atoms with E-state index in [0.29, 0.717) is 22.8 Å². The summed E-state index contributed by atoms with van der Waals surface area (Å²) in [4.78, 5) is 86.7. The molecule has 0 radical (unpaired) electrons. The minimum Gasteiger partial charge on any atom is -0.493 e. The SMILES string of the molecule is C=C(C)C(=O)OCC(COC(=O)C(=O)OC)(COC(=O)C(=O)OC)COc1ccc(-c2cc(OC(=O)C(=C)C)c(C3CCC(CCCCC)CC3)cc2OC(=O)C(=C)C)cc1. The fourth-order valence-electron chi connectivity index (χ4n) is 6.39. The summed E-state index contributed by atoms with van der Waals surface area (Å²) in [5.41, 5.74) is 0.370. The van der Waals surface area contributed by atoms with E-state index < -0.39 is 73.6 Å². The Labute approximate surface area is 356 Å². The number of hydrogen-bond acceptors (Lipinski definition) is 15. The fraction of sp³-hybridized carbons (Fsp3) is 0.457. The highest BCUT2D eigenvalue weighted by molar-refractivity contribution is 6.30. The molecule has 0 atom stereocenters. The second-order valence-corrected chi connectivity index (χ2v) is 15.2. The summed E-state index contributed by atoms with van der Waals surface area (Å²) in [7, 11) is 1.93. The van der Waals surface area contributed by atoms with Crippen LogP contribution in [0.3, 0.4) is 0 Å². The van der Waals surface area contributed by atoms with Crippen LogP contribution in [0.4, 0.5) is 0 Å². The number of carbonyl (C=O) groups excluding carboxylic acids is 7. The number of ether oxygens (including phenoxy) is 8. The molecule has 0 spiro atoms. The lowest BCUT2D eigenvalue weighted by atomic mass is 9.76.